The highest BCUT2D eigenvalue weighted by Crippen LogP contribution is 2.21. The summed E-state index contributed by atoms with van der Waals surface area (Å²) in [4.78, 5) is 58.6. The number of nitrogens with one attached hydrogen (secondary N) is 4. The minimum Gasteiger partial charge on any atom is -0.344 e. The average Bonchev–Trinajstić information content (AvgIpc) is 3.73. The van der Waals surface area contributed by atoms with Gasteiger partial charge in [-0.15, -0.1) is 0 Å². The SMILES string of the molecule is CN1CCN(NC(=O)c2cc(NC(=O)c3cc(NC(=O)c4cc(NC(=O)c5cc6ccccc6cn5)cn4C)cn3C)cn2C)CC1. The molecule has 1 saturated heterocycles. The van der Waals surface area contributed by atoms with Crippen LogP contribution in [0.25, 0.3) is 10.8 Å². The summed E-state index contributed by atoms with van der Waals surface area (Å²) in [5.41, 5.74) is 5.51. The van der Waals surface area contributed by atoms with Crippen LogP contribution in [0.4, 0.5) is 17.1 Å². The van der Waals surface area contributed by atoms with Gasteiger partial charge in [0.1, 0.15) is 22.8 Å². The van der Waals surface area contributed by atoms with Gasteiger partial charge in [-0.05, 0) is 36.7 Å². The van der Waals surface area contributed by atoms with Gasteiger partial charge in [0.25, 0.3) is 23.6 Å². The number of hydrogen-bond acceptors (Lipinski definition) is 7. The molecule has 5 heterocycles. The van der Waals surface area contributed by atoms with Crippen LogP contribution in [0.2, 0.25) is 0 Å². The molecule has 4 amide bonds. The van der Waals surface area contributed by atoms with Crippen LogP contribution in [0.15, 0.2) is 73.3 Å². The Balaban J connectivity index is 1.07. The molecule has 0 aliphatic carbocycles. The van der Waals surface area contributed by atoms with E-state index in [4.69, 9.17) is 0 Å². The maximum atomic E-state index is 13.2. The second-order valence-corrected chi connectivity index (χ2v) is 11.7. The van der Waals surface area contributed by atoms with Crippen LogP contribution in [-0.2, 0) is 21.1 Å². The number of piperazine rings is 1. The molecular formula is C33H36N10O4. The summed E-state index contributed by atoms with van der Waals surface area (Å²) in [6.07, 6.45) is 6.58. The molecule has 6 rings (SSSR count). The molecule has 5 aromatic rings. The number of hydrazine groups is 1. The van der Waals surface area contributed by atoms with E-state index < -0.39 is 17.7 Å². The van der Waals surface area contributed by atoms with Crippen molar-refractivity contribution in [1.29, 1.82) is 0 Å². The van der Waals surface area contributed by atoms with E-state index >= 15 is 0 Å². The highest BCUT2D eigenvalue weighted by molar-refractivity contribution is 6.09. The van der Waals surface area contributed by atoms with Crippen molar-refractivity contribution in [3.8, 4) is 0 Å². The largest absolute Gasteiger partial charge is 0.344 e. The molecule has 0 spiro atoms. The standard InChI is InChI=1S/C33H36N10O4/c1-39-9-11-43(12-10-39)38-33(47)29-16-25(20-42(29)4)37-32(46)28-15-24(19-41(28)3)36-31(45)27-14-23(18-40(27)2)35-30(44)26-13-21-7-5-6-8-22(21)17-34-26/h5-8,13-20H,9-12H2,1-4H3,(H,35,44)(H,36,45)(H,37,46)(H,38,47). The number of amides is 4. The maximum Gasteiger partial charge on any atom is 0.282 e. The molecule has 1 aliphatic heterocycles. The van der Waals surface area contributed by atoms with Crippen molar-refractivity contribution in [2.75, 3.05) is 49.2 Å². The molecule has 47 heavy (non-hydrogen) atoms. The molecule has 14 heteroatoms. The number of pyridine rings is 1. The van der Waals surface area contributed by atoms with E-state index in [0.29, 0.717) is 34.1 Å². The zero-order valence-corrected chi connectivity index (χ0v) is 26.6. The molecule has 4 aromatic heterocycles. The highest BCUT2D eigenvalue weighted by Gasteiger charge is 2.21. The van der Waals surface area contributed by atoms with E-state index in [9.17, 15) is 19.2 Å². The van der Waals surface area contributed by atoms with Gasteiger partial charge < -0.3 is 34.6 Å². The second-order valence-electron chi connectivity index (χ2n) is 11.7. The fraction of sp³-hybridized carbons (Fsp3) is 0.242. The first kappa shape index (κ1) is 31.3. The monoisotopic (exact) mass is 636 g/mol. The Labute approximate surface area is 270 Å². The minimum atomic E-state index is -0.423. The highest BCUT2D eigenvalue weighted by atomic mass is 16.2. The molecule has 4 N–H and O–H groups in total. The molecule has 1 aromatic carbocycles. The van der Waals surface area contributed by atoms with E-state index in [1.807, 2.05) is 36.3 Å². The van der Waals surface area contributed by atoms with Gasteiger partial charge in [0, 0.05) is 77.5 Å². The first-order valence-electron chi connectivity index (χ1n) is 15.1. The van der Waals surface area contributed by atoms with Crippen LogP contribution in [-0.4, -0.2) is 85.4 Å². The lowest BCUT2D eigenvalue weighted by Crippen LogP contribution is -2.52. The minimum absolute atomic E-state index is 0.254. The molecule has 1 fully saturated rings. The van der Waals surface area contributed by atoms with Crippen LogP contribution in [0.5, 0.6) is 0 Å². The predicted octanol–water partition coefficient (Wildman–Crippen LogP) is 2.90. The summed E-state index contributed by atoms with van der Waals surface area (Å²) >= 11 is 0. The van der Waals surface area contributed by atoms with E-state index in [0.717, 1.165) is 37.0 Å². The van der Waals surface area contributed by atoms with Crippen LogP contribution in [0.3, 0.4) is 0 Å². The van der Waals surface area contributed by atoms with Crippen molar-refractivity contribution in [3.05, 3.63) is 96.1 Å². The number of carbonyl (C=O) groups is 4. The normalized spacial score (nSPS) is 13.8. The molecule has 1 aliphatic rings. The topological polar surface area (TPSA) is 151 Å². The fourth-order valence-corrected chi connectivity index (χ4v) is 5.49. The number of aryl methyl sites for hydroxylation is 3. The number of carbonyl (C=O) groups excluding carboxylic acids is 4. The van der Waals surface area contributed by atoms with Crippen LogP contribution < -0.4 is 21.4 Å². The lowest BCUT2D eigenvalue weighted by atomic mass is 10.1. The predicted molar refractivity (Wildman–Crippen MR) is 178 cm³/mol. The third-order valence-corrected chi connectivity index (χ3v) is 8.11. The molecular weight excluding hydrogens is 600 g/mol. The van der Waals surface area contributed by atoms with Crippen molar-refractivity contribution in [2.24, 2.45) is 21.1 Å². The van der Waals surface area contributed by atoms with E-state index in [1.165, 1.54) is 0 Å². The number of fused-ring (bicyclic) bond motifs is 1. The smallest absolute Gasteiger partial charge is 0.282 e. The zero-order chi connectivity index (χ0) is 33.2. The van der Waals surface area contributed by atoms with E-state index in [1.54, 1.807) is 83.9 Å². The summed E-state index contributed by atoms with van der Waals surface area (Å²) in [5, 5.41) is 12.2. The Hall–Kier alpha value is -5.73. The van der Waals surface area contributed by atoms with Gasteiger partial charge in [0.05, 0.1) is 17.1 Å². The second kappa shape index (κ2) is 12.9. The Bertz CT molecular complexity index is 2000. The van der Waals surface area contributed by atoms with Gasteiger partial charge in [0.15, 0.2) is 0 Å². The van der Waals surface area contributed by atoms with Crippen molar-refractivity contribution in [2.45, 2.75) is 0 Å². The number of benzene rings is 1. The summed E-state index contributed by atoms with van der Waals surface area (Å²) in [7, 11) is 7.18. The van der Waals surface area contributed by atoms with Crippen LogP contribution in [0.1, 0.15) is 42.0 Å². The Kier molecular flexibility index (Phi) is 8.61. The number of aromatic nitrogens is 4. The summed E-state index contributed by atoms with van der Waals surface area (Å²) in [5.74, 6) is -1.48. The van der Waals surface area contributed by atoms with E-state index in [2.05, 4.69) is 31.3 Å². The van der Waals surface area contributed by atoms with Gasteiger partial charge in [-0.2, -0.15) is 0 Å². The average molecular weight is 637 g/mol. The van der Waals surface area contributed by atoms with Crippen molar-refractivity contribution in [1.82, 2.24) is 34.0 Å². The molecule has 0 atom stereocenters. The van der Waals surface area contributed by atoms with Gasteiger partial charge in [0.2, 0.25) is 0 Å². The summed E-state index contributed by atoms with van der Waals surface area (Å²) < 4.78 is 4.86. The van der Waals surface area contributed by atoms with Crippen molar-refractivity contribution < 1.29 is 19.2 Å². The number of rotatable bonds is 8. The van der Waals surface area contributed by atoms with Gasteiger partial charge >= 0.3 is 0 Å². The van der Waals surface area contributed by atoms with Crippen LogP contribution in [0, 0.1) is 0 Å². The quantitative estimate of drug-likeness (QED) is 0.205. The maximum absolute atomic E-state index is 13.2. The van der Waals surface area contributed by atoms with Crippen LogP contribution >= 0.6 is 0 Å². The van der Waals surface area contributed by atoms with Gasteiger partial charge in [-0.1, -0.05) is 24.3 Å². The summed E-state index contributed by atoms with van der Waals surface area (Å²) in [6, 6.07) is 14.1. The third kappa shape index (κ3) is 6.93. The molecule has 242 valence electrons. The Morgan fingerprint density at radius 1 is 0.596 bits per heavy atom. The number of anilines is 3. The Morgan fingerprint density at radius 2 is 1.06 bits per heavy atom. The first-order chi connectivity index (χ1) is 22.5. The molecule has 0 saturated carbocycles. The summed E-state index contributed by atoms with van der Waals surface area (Å²) in [6.45, 7) is 3.19. The first-order valence-corrected chi connectivity index (χ1v) is 15.1. The van der Waals surface area contributed by atoms with E-state index in [-0.39, 0.29) is 11.6 Å². The Morgan fingerprint density at radius 3 is 1.60 bits per heavy atom. The lowest BCUT2D eigenvalue weighted by Gasteiger charge is -2.32. The molecule has 0 unspecified atom stereocenters. The number of likely N-dealkylation sites (N-methyl/N-ethyl adjacent to an activating group) is 1. The third-order valence-electron chi connectivity index (χ3n) is 8.11. The van der Waals surface area contributed by atoms with Gasteiger partial charge in [-0.25, -0.2) is 5.01 Å². The van der Waals surface area contributed by atoms with Crippen molar-refractivity contribution in [3.63, 3.8) is 0 Å². The molecule has 0 radical (unpaired) electrons. The van der Waals surface area contributed by atoms with Gasteiger partial charge in [-0.3, -0.25) is 29.6 Å². The lowest BCUT2D eigenvalue weighted by molar-refractivity contribution is 0.0654. The zero-order valence-electron chi connectivity index (χ0n) is 26.6. The van der Waals surface area contributed by atoms with Crippen molar-refractivity contribution >= 4 is 51.5 Å². The fourth-order valence-electron chi connectivity index (χ4n) is 5.49. The number of nitrogens with zero attached hydrogens (tertiary/aromatic N) is 6. The molecule has 0 bridgehead atoms. The number of hydrogen-bond donors (Lipinski definition) is 4. The molecule has 14 nitrogen and oxygen atoms in total.